The average molecular weight is 399 g/mol. The number of nitrogens with zero attached hydrogens (tertiary/aromatic N) is 6. The maximum absolute atomic E-state index is 6.10. The second-order valence-corrected chi connectivity index (χ2v) is 8.37. The minimum Gasteiger partial charge on any atom is -0.481 e. The van der Waals surface area contributed by atoms with Crippen LogP contribution in [-0.2, 0) is 18.2 Å². The lowest BCUT2D eigenvalue weighted by Gasteiger charge is -2.40. The van der Waals surface area contributed by atoms with Crippen molar-refractivity contribution < 1.29 is 9.47 Å². The minimum atomic E-state index is 0.148. The van der Waals surface area contributed by atoms with E-state index in [2.05, 4.69) is 24.9 Å². The topological polar surface area (TPSA) is 68.5 Å². The van der Waals surface area contributed by atoms with Gasteiger partial charge in [-0.2, -0.15) is 5.10 Å². The normalized spacial score (nSPS) is 23.0. The number of aryl methyl sites for hydroxylation is 1. The number of likely N-dealkylation sites (tertiary alicyclic amines) is 1. The van der Waals surface area contributed by atoms with Gasteiger partial charge in [0.25, 0.3) is 0 Å². The predicted octanol–water partition coefficient (Wildman–Crippen LogP) is 1.97. The Bertz CT molecular complexity index is 843. The number of ether oxygens (including phenoxy) is 2. The van der Waals surface area contributed by atoms with Gasteiger partial charge in [-0.25, -0.2) is 9.97 Å². The standard InChI is InChI=1S/C21H30N6O2/c1-25-18-7-10-29-19(17(18)12-24-25)13-26-8-5-16(6-9-26)27(15-3-4-15)20-11-21(28-2)23-14-22-20/h11-12,14-16,19H,3-10,13H2,1-2H3. The van der Waals surface area contributed by atoms with Crippen LogP contribution in [0.2, 0.25) is 0 Å². The van der Waals surface area contributed by atoms with Crippen molar-refractivity contribution >= 4 is 5.82 Å². The van der Waals surface area contributed by atoms with Gasteiger partial charge in [0.1, 0.15) is 12.1 Å². The molecule has 5 rings (SSSR count). The molecule has 8 nitrogen and oxygen atoms in total. The van der Waals surface area contributed by atoms with E-state index in [-0.39, 0.29) is 6.10 Å². The maximum atomic E-state index is 6.10. The van der Waals surface area contributed by atoms with Gasteiger partial charge in [0, 0.05) is 62.5 Å². The molecule has 0 N–H and O–H groups in total. The number of piperidine rings is 1. The molecule has 0 bridgehead atoms. The van der Waals surface area contributed by atoms with Gasteiger partial charge >= 0.3 is 0 Å². The van der Waals surface area contributed by atoms with Gasteiger partial charge in [-0.1, -0.05) is 0 Å². The zero-order valence-electron chi connectivity index (χ0n) is 17.3. The molecule has 2 aliphatic heterocycles. The molecule has 4 heterocycles. The summed E-state index contributed by atoms with van der Waals surface area (Å²) in [6, 6.07) is 3.12. The molecule has 3 aliphatic rings. The van der Waals surface area contributed by atoms with Crippen LogP contribution in [0.5, 0.6) is 5.88 Å². The van der Waals surface area contributed by atoms with E-state index < -0.39 is 0 Å². The zero-order valence-corrected chi connectivity index (χ0v) is 17.3. The summed E-state index contributed by atoms with van der Waals surface area (Å²) in [6.07, 6.45) is 9.52. The molecule has 0 radical (unpaired) electrons. The van der Waals surface area contributed by atoms with Crippen LogP contribution in [0, 0.1) is 0 Å². The average Bonchev–Trinajstić information content (AvgIpc) is 3.52. The number of rotatable bonds is 6. The van der Waals surface area contributed by atoms with Gasteiger partial charge in [-0.05, 0) is 25.7 Å². The van der Waals surface area contributed by atoms with Crippen molar-refractivity contribution in [2.75, 3.05) is 38.3 Å². The lowest BCUT2D eigenvalue weighted by molar-refractivity contribution is 0.00998. The quantitative estimate of drug-likeness (QED) is 0.737. The van der Waals surface area contributed by atoms with E-state index in [0.29, 0.717) is 18.0 Å². The van der Waals surface area contributed by atoms with Crippen molar-refractivity contribution in [2.45, 2.75) is 50.3 Å². The Morgan fingerprint density at radius 2 is 1.97 bits per heavy atom. The van der Waals surface area contributed by atoms with Gasteiger partial charge in [0.05, 0.1) is 26.0 Å². The molecule has 1 aliphatic carbocycles. The van der Waals surface area contributed by atoms with E-state index in [1.54, 1.807) is 13.4 Å². The summed E-state index contributed by atoms with van der Waals surface area (Å²) in [6.45, 7) is 3.92. The number of methoxy groups -OCH3 is 1. The molecule has 29 heavy (non-hydrogen) atoms. The van der Waals surface area contributed by atoms with Gasteiger partial charge in [0.2, 0.25) is 5.88 Å². The first-order valence-electron chi connectivity index (χ1n) is 10.7. The third-order valence-electron chi connectivity index (χ3n) is 6.51. The van der Waals surface area contributed by atoms with Crippen molar-refractivity contribution in [3.63, 3.8) is 0 Å². The molecule has 2 fully saturated rings. The molecule has 0 spiro atoms. The first-order valence-corrected chi connectivity index (χ1v) is 10.7. The van der Waals surface area contributed by atoms with Gasteiger partial charge < -0.3 is 19.3 Å². The van der Waals surface area contributed by atoms with E-state index in [0.717, 1.165) is 51.3 Å². The van der Waals surface area contributed by atoms with Gasteiger partial charge in [-0.15, -0.1) is 0 Å². The van der Waals surface area contributed by atoms with E-state index in [1.165, 1.54) is 24.1 Å². The summed E-state index contributed by atoms with van der Waals surface area (Å²) >= 11 is 0. The van der Waals surface area contributed by atoms with Gasteiger partial charge in [0.15, 0.2) is 0 Å². The SMILES string of the molecule is COc1cc(N(C2CC2)C2CCN(CC3OCCc4c3cnn4C)CC2)ncn1. The molecule has 2 aromatic rings. The highest BCUT2D eigenvalue weighted by molar-refractivity contribution is 5.45. The highest BCUT2D eigenvalue weighted by Gasteiger charge is 2.37. The zero-order chi connectivity index (χ0) is 19.8. The fraction of sp³-hybridized carbons (Fsp3) is 0.667. The lowest BCUT2D eigenvalue weighted by Crippen LogP contribution is -2.47. The number of anilines is 1. The molecule has 0 aromatic carbocycles. The highest BCUT2D eigenvalue weighted by Crippen LogP contribution is 2.36. The summed E-state index contributed by atoms with van der Waals surface area (Å²) in [5.41, 5.74) is 2.60. The third kappa shape index (κ3) is 3.83. The molecule has 1 atom stereocenters. The predicted molar refractivity (Wildman–Crippen MR) is 109 cm³/mol. The summed E-state index contributed by atoms with van der Waals surface area (Å²) in [4.78, 5) is 13.8. The van der Waals surface area contributed by atoms with Crippen molar-refractivity contribution in [3.05, 3.63) is 29.8 Å². The molecule has 8 heteroatoms. The van der Waals surface area contributed by atoms with E-state index in [9.17, 15) is 0 Å². The van der Waals surface area contributed by atoms with Crippen LogP contribution < -0.4 is 9.64 Å². The molecule has 2 aromatic heterocycles. The van der Waals surface area contributed by atoms with E-state index >= 15 is 0 Å². The van der Waals surface area contributed by atoms with Crippen molar-refractivity contribution in [2.24, 2.45) is 7.05 Å². The number of hydrogen-bond acceptors (Lipinski definition) is 7. The largest absolute Gasteiger partial charge is 0.481 e. The number of hydrogen-bond donors (Lipinski definition) is 0. The first-order chi connectivity index (χ1) is 14.2. The van der Waals surface area contributed by atoms with Crippen molar-refractivity contribution in [1.29, 1.82) is 0 Å². The van der Waals surface area contributed by atoms with Crippen molar-refractivity contribution in [1.82, 2.24) is 24.6 Å². The third-order valence-corrected chi connectivity index (χ3v) is 6.51. The van der Waals surface area contributed by atoms with E-state index in [1.807, 2.05) is 24.0 Å². The number of fused-ring (bicyclic) bond motifs is 1. The van der Waals surface area contributed by atoms with Crippen LogP contribution in [0.4, 0.5) is 5.82 Å². The highest BCUT2D eigenvalue weighted by atomic mass is 16.5. The number of aromatic nitrogens is 4. The Hall–Kier alpha value is -2.19. The van der Waals surface area contributed by atoms with E-state index in [4.69, 9.17) is 9.47 Å². The maximum Gasteiger partial charge on any atom is 0.218 e. The minimum absolute atomic E-state index is 0.148. The fourth-order valence-corrected chi connectivity index (χ4v) is 4.82. The lowest BCUT2D eigenvalue weighted by atomic mass is 10.00. The van der Waals surface area contributed by atoms with Crippen LogP contribution in [0.25, 0.3) is 0 Å². The summed E-state index contributed by atoms with van der Waals surface area (Å²) < 4.78 is 13.4. The van der Waals surface area contributed by atoms with Crippen LogP contribution in [0.15, 0.2) is 18.6 Å². The fourth-order valence-electron chi connectivity index (χ4n) is 4.82. The van der Waals surface area contributed by atoms with Crippen LogP contribution in [0.3, 0.4) is 0 Å². The smallest absolute Gasteiger partial charge is 0.218 e. The Morgan fingerprint density at radius 1 is 1.17 bits per heavy atom. The van der Waals surface area contributed by atoms with Crippen LogP contribution in [-0.4, -0.2) is 70.1 Å². The molecular formula is C21H30N6O2. The molecule has 1 unspecified atom stereocenters. The second-order valence-electron chi connectivity index (χ2n) is 8.37. The molecule has 1 saturated carbocycles. The second kappa shape index (κ2) is 7.91. The van der Waals surface area contributed by atoms with Gasteiger partial charge in [-0.3, -0.25) is 4.68 Å². The van der Waals surface area contributed by atoms with Crippen LogP contribution >= 0.6 is 0 Å². The van der Waals surface area contributed by atoms with Crippen molar-refractivity contribution in [3.8, 4) is 5.88 Å². The Kier molecular flexibility index (Phi) is 5.13. The monoisotopic (exact) mass is 398 g/mol. The molecule has 156 valence electrons. The Labute approximate surface area is 171 Å². The first kappa shape index (κ1) is 18.8. The van der Waals surface area contributed by atoms with Crippen LogP contribution in [0.1, 0.15) is 43.0 Å². The Balaban J connectivity index is 1.23. The molecule has 0 amide bonds. The molecule has 1 saturated heterocycles. The summed E-state index contributed by atoms with van der Waals surface area (Å²) in [7, 11) is 3.69. The Morgan fingerprint density at radius 3 is 2.72 bits per heavy atom. The summed E-state index contributed by atoms with van der Waals surface area (Å²) in [5, 5.41) is 4.44. The summed E-state index contributed by atoms with van der Waals surface area (Å²) in [5.74, 6) is 1.65. The molecular weight excluding hydrogens is 368 g/mol.